The molecular weight excluding hydrogens is 555 g/mol. The van der Waals surface area contributed by atoms with Crippen LogP contribution in [-0.4, -0.2) is 47.7 Å². The minimum Gasteiger partial charge on any atom is -0.355 e. The number of nitrogens with one attached hydrogen (secondary N) is 4. The average Bonchev–Trinajstić information content (AvgIpc) is 3.37. The summed E-state index contributed by atoms with van der Waals surface area (Å²) in [6.45, 7) is 5.96. The number of ether oxygens (including phenoxy) is 1. The summed E-state index contributed by atoms with van der Waals surface area (Å²) in [7, 11) is -3.23. The number of rotatable bonds is 28. The molecular formula is C31H57N4O6P. The number of H-pyrrole nitrogens is 3. The van der Waals surface area contributed by atoms with Gasteiger partial charge < -0.3 is 24.5 Å². The fourth-order valence-corrected chi connectivity index (χ4v) is 6.66. The van der Waals surface area contributed by atoms with Gasteiger partial charge in [0.2, 0.25) is 0 Å². The summed E-state index contributed by atoms with van der Waals surface area (Å²) in [5.74, 6) is 0. The Balaban J connectivity index is 1.43. The monoisotopic (exact) mass is 612 g/mol. The van der Waals surface area contributed by atoms with Crippen molar-refractivity contribution < 1.29 is 18.3 Å². The molecule has 0 fully saturated rings. The van der Waals surface area contributed by atoms with E-state index in [-0.39, 0.29) is 13.0 Å². The van der Waals surface area contributed by atoms with Crippen molar-refractivity contribution in [3.63, 3.8) is 0 Å². The highest BCUT2D eigenvalue weighted by Crippen LogP contribution is 2.48. The van der Waals surface area contributed by atoms with E-state index in [1.807, 2.05) is 0 Å². The van der Waals surface area contributed by atoms with Gasteiger partial charge in [-0.2, -0.15) is 0 Å². The zero-order valence-electron chi connectivity index (χ0n) is 26.2. The molecule has 0 saturated carbocycles. The highest BCUT2D eigenvalue weighted by atomic mass is 31.2. The van der Waals surface area contributed by atoms with Crippen molar-refractivity contribution in [1.29, 1.82) is 0 Å². The second-order valence-electron chi connectivity index (χ2n) is 11.2. The number of hydrogen-bond donors (Lipinski definition) is 4. The van der Waals surface area contributed by atoms with Gasteiger partial charge in [-0.3, -0.25) is 18.9 Å². The van der Waals surface area contributed by atoms with Crippen LogP contribution in [0.3, 0.4) is 0 Å². The fraction of sp³-hybridized carbons (Fsp3) is 0.806. The third-order valence-corrected chi connectivity index (χ3v) is 9.57. The lowest BCUT2D eigenvalue weighted by molar-refractivity contribution is 0.00379. The first kappa shape index (κ1) is 36.5. The first-order valence-electron chi connectivity index (χ1n) is 16.5. The Hall–Kier alpha value is -1.71. The molecule has 2 heterocycles. The van der Waals surface area contributed by atoms with Crippen molar-refractivity contribution >= 4 is 18.6 Å². The van der Waals surface area contributed by atoms with Crippen LogP contribution in [0.1, 0.15) is 129 Å². The normalized spacial score (nSPS) is 13.2. The van der Waals surface area contributed by atoms with Gasteiger partial charge in [-0.25, -0.2) is 4.79 Å². The molecule has 1 unspecified atom stereocenters. The minimum absolute atomic E-state index is 0.0271. The Morgan fingerprint density at radius 2 is 1.33 bits per heavy atom. The number of hydrogen-bond acceptors (Lipinski definition) is 7. The van der Waals surface area contributed by atoms with Crippen molar-refractivity contribution in [3.05, 3.63) is 32.6 Å². The van der Waals surface area contributed by atoms with Crippen LogP contribution in [0.4, 0.5) is 0 Å². The summed E-state index contributed by atoms with van der Waals surface area (Å²) in [5.41, 5.74) is 0.605. The van der Waals surface area contributed by atoms with Crippen LogP contribution in [0.15, 0.2) is 15.8 Å². The number of fused-ring (bicyclic) bond motifs is 1. The highest BCUT2D eigenvalue weighted by molar-refractivity contribution is 7.53. The van der Waals surface area contributed by atoms with Crippen LogP contribution in [0, 0.1) is 0 Å². The predicted octanol–water partition coefficient (Wildman–Crippen LogP) is 7.51. The molecule has 0 aromatic carbocycles. The SMILES string of the molecule is CCCCCCCCCCCCCCCCCCOCOP(=O)(CCCNCc1c[nH]c2c(=O)[nH]c(=O)[nH]c12)OCC. The molecule has 1 atom stereocenters. The van der Waals surface area contributed by atoms with Crippen molar-refractivity contribution in [3.8, 4) is 0 Å². The Morgan fingerprint density at radius 3 is 1.93 bits per heavy atom. The Bertz CT molecular complexity index is 1110. The van der Waals surface area contributed by atoms with Gasteiger partial charge in [0.05, 0.1) is 18.3 Å². The molecule has 42 heavy (non-hydrogen) atoms. The molecule has 2 aromatic heterocycles. The van der Waals surface area contributed by atoms with E-state index in [0.717, 1.165) is 18.4 Å². The van der Waals surface area contributed by atoms with Crippen molar-refractivity contribution in [2.75, 3.05) is 32.7 Å². The first-order chi connectivity index (χ1) is 20.5. The number of unbranched alkanes of at least 4 members (excludes halogenated alkanes) is 15. The molecule has 11 heteroatoms. The molecule has 2 aromatic rings. The Morgan fingerprint density at radius 1 is 0.738 bits per heavy atom. The van der Waals surface area contributed by atoms with E-state index in [1.54, 1.807) is 13.1 Å². The second-order valence-corrected chi connectivity index (χ2v) is 13.4. The molecule has 10 nitrogen and oxygen atoms in total. The summed E-state index contributed by atoms with van der Waals surface area (Å²) in [6, 6.07) is 0. The summed E-state index contributed by atoms with van der Waals surface area (Å²) < 4.78 is 29.6. The predicted molar refractivity (Wildman–Crippen MR) is 171 cm³/mol. The lowest BCUT2D eigenvalue weighted by Crippen LogP contribution is -2.22. The van der Waals surface area contributed by atoms with Gasteiger partial charge in [-0.1, -0.05) is 103 Å². The molecule has 0 bridgehead atoms. The molecule has 0 radical (unpaired) electrons. The van der Waals surface area contributed by atoms with E-state index in [9.17, 15) is 14.2 Å². The number of aromatic amines is 3. The minimum atomic E-state index is -3.23. The van der Waals surface area contributed by atoms with Crippen LogP contribution >= 0.6 is 7.60 Å². The van der Waals surface area contributed by atoms with E-state index in [2.05, 4.69) is 27.2 Å². The van der Waals surface area contributed by atoms with Crippen LogP contribution in [0.25, 0.3) is 11.0 Å². The molecule has 242 valence electrons. The van der Waals surface area contributed by atoms with E-state index in [0.29, 0.717) is 43.8 Å². The lowest BCUT2D eigenvalue weighted by atomic mass is 10.0. The largest absolute Gasteiger partial charge is 0.355 e. The van der Waals surface area contributed by atoms with Gasteiger partial charge >= 0.3 is 13.3 Å². The van der Waals surface area contributed by atoms with E-state index in [1.165, 1.54) is 89.9 Å². The van der Waals surface area contributed by atoms with Crippen LogP contribution < -0.4 is 16.6 Å². The average molecular weight is 613 g/mol. The van der Waals surface area contributed by atoms with E-state index >= 15 is 0 Å². The van der Waals surface area contributed by atoms with Gasteiger partial charge in [0, 0.05) is 24.9 Å². The number of aromatic nitrogens is 3. The summed E-state index contributed by atoms with van der Waals surface area (Å²) in [6.07, 6.45) is 23.9. The maximum atomic E-state index is 13.0. The van der Waals surface area contributed by atoms with Crippen LogP contribution in [-0.2, 0) is 24.9 Å². The molecule has 0 spiro atoms. The molecule has 2 rings (SSSR count). The topological polar surface area (TPSA) is 138 Å². The van der Waals surface area contributed by atoms with Crippen LogP contribution in [0.5, 0.6) is 0 Å². The van der Waals surface area contributed by atoms with Crippen LogP contribution in [0.2, 0.25) is 0 Å². The molecule has 0 aliphatic heterocycles. The standard InChI is InChI=1S/C31H57N4O6P/c1-3-5-6-7-8-9-10-11-12-13-14-15-16-17-18-19-22-39-26-41-42(38,40-4-2)23-20-21-32-24-27-25-33-29-28(27)34-31(37)35-30(29)36/h25,32-33H,3-24,26H2,1-2H3,(H2,34,35,36,37). The van der Waals surface area contributed by atoms with Crippen molar-refractivity contribution in [1.82, 2.24) is 20.3 Å². The first-order valence-corrected chi connectivity index (χ1v) is 18.2. The third kappa shape index (κ3) is 15.7. The zero-order chi connectivity index (χ0) is 30.3. The molecule has 0 amide bonds. The zero-order valence-corrected chi connectivity index (χ0v) is 27.1. The smallest absolute Gasteiger partial charge is 0.332 e. The van der Waals surface area contributed by atoms with Crippen molar-refractivity contribution in [2.45, 2.75) is 130 Å². The summed E-state index contributed by atoms with van der Waals surface area (Å²) in [5, 5.41) is 3.24. The summed E-state index contributed by atoms with van der Waals surface area (Å²) in [4.78, 5) is 31.1. The molecule has 0 aliphatic rings. The maximum absolute atomic E-state index is 13.0. The third-order valence-electron chi connectivity index (χ3n) is 7.56. The van der Waals surface area contributed by atoms with Gasteiger partial charge in [-0.05, 0) is 26.3 Å². The summed E-state index contributed by atoms with van der Waals surface area (Å²) >= 11 is 0. The lowest BCUT2D eigenvalue weighted by Gasteiger charge is -2.18. The van der Waals surface area contributed by atoms with E-state index in [4.69, 9.17) is 13.8 Å². The van der Waals surface area contributed by atoms with Crippen molar-refractivity contribution in [2.24, 2.45) is 0 Å². The Labute approximate surface area is 252 Å². The highest BCUT2D eigenvalue weighted by Gasteiger charge is 2.23. The van der Waals surface area contributed by atoms with Gasteiger partial charge in [0.15, 0.2) is 6.79 Å². The maximum Gasteiger partial charge on any atom is 0.332 e. The molecule has 0 saturated heterocycles. The molecule has 0 aliphatic carbocycles. The quantitative estimate of drug-likeness (QED) is 0.0443. The molecule has 4 N–H and O–H groups in total. The fourth-order valence-electron chi connectivity index (χ4n) is 5.15. The van der Waals surface area contributed by atoms with Gasteiger partial charge in [-0.15, -0.1) is 0 Å². The van der Waals surface area contributed by atoms with E-state index < -0.39 is 18.8 Å². The Kier molecular flexibility index (Phi) is 19.8. The van der Waals surface area contributed by atoms with Gasteiger partial charge in [0.1, 0.15) is 5.52 Å². The van der Waals surface area contributed by atoms with Gasteiger partial charge in [0.25, 0.3) is 5.56 Å². The second kappa shape index (κ2) is 22.8.